The molecule has 1 saturated carbocycles. The Morgan fingerprint density at radius 3 is 2.20 bits per heavy atom. The summed E-state index contributed by atoms with van der Waals surface area (Å²) in [7, 11) is 0. The molecule has 1 atom stereocenters. The fourth-order valence-corrected chi connectivity index (χ4v) is 6.40. The molecule has 286 valence electrons. The third-order valence-corrected chi connectivity index (χ3v) is 9.27. The zero-order valence-corrected chi connectivity index (χ0v) is 31.6. The SMILES string of the molecule is Cc1c(F)cc(C(=O)NC(C)C)cc1-c1ccc(C[C@H](NC(=O)[C@H]2CC[C@H](CNC(=O)OC(C)(C)C)CC2)C(=O)Nc2ccc(-c3nn[nH]n3)cc2)cc1. The number of H-pyrrole nitrogens is 1. The van der Waals surface area contributed by atoms with E-state index in [0.717, 1.165) is 18.4 Å². The number of carbonyl (C=O) groups is 4. The number of nitrogens with one attached hydrogen (secondary N) is 5. The molecular formula is C40H49FN8O5. The lowest BCUT2D eigenvalue weighted by Gasteiger charge is -2.29. The van der Waals surface area contributed by atoms with Crippen molar-refractivity contribution in [3.63, 3.8) is 0 Å². The molecule has 0 bridgehead atoms. The van der Waals surface area contributed by atoms with Crippen LogP contribution in [0, 0.1) is 24.6 Å². The second-order valence-corrected chi connectivity index (χ2v) is 15.1. The zero-order valence-electron chi connectivity index (χ0n) is 31.6. The highest BCUT2D eigenvalue weighted by atomic mass is 19.1. The van der Waals surface area contributed by atoms with Crippen LogP contribution in [0.3, 0.4) is 0 Å². The molecule has 1 aromatic heterocycles. The molecule has 5 N–H and O–H groups in total. The van der Waals surface area contributed by atoms with Crippen LogP contribution in [-0.2, 0) is 20.7 Å². The first-order chi connectivity index (χ1) is 25.6. The first-order valence-electron chi connectivity index (χ1n) is 18.3. The molecule has 4 aromatic rings. The van der Waals surface area contributed by atoms with E-state index in [1.807, 2.05) is 58.9 Å². The number of ether oxygens (including phenoxy) is 1. The van der Waals surface area contributed by atoms with E-state index in [-0.39, 0.29) is 41.7 Å². The van der Waals surface area contributed by atoms with Gasteiger partial charge in [-0.05, 0) is 137 Å². The summed E-state index contributed by atoms with van der Waals surface area (Å²) in [6.45, 7) is 11.2. The predicted octanol–water partition coefficient (Wildman–Crippen LogP) is 6.12. The van der Waals surface area contributed by atoms with E-state index in [9.17, 15) is 23.6 Å². The molecule has 1 aliphatic rings. The Labute approximate surface area is 314 Å². The van der Waals surface area contributed by atoms with Crippen LogP contribution in [0.15, 0.2) is 60.7 Å². The van der Waals surface area contributed by atoms with Gasteiger partial charge in [-0.3, -0.25) is 14.4 Å². The number of benzene rings is 3. The van der Waals surface area contributed by atoms with Crippen molar-refractivity contribution in [2.45, 2.75) is 91.3 Å². The summed E-state index contributed by atoms with van der Waals surface area (Å²) in [4.78, 5) is 52.3. The van der Waals surface area contributed by atoms with Crippen molar-refractivity contribution < 1.29 is 28.3 Å². The van der Waals surface area contributed by atoms with E-state index in [2.05, 4.69) is 41.9 Å². The number of carbonyl (C=O) groups excluding carboxylic acids is 4. The summed E-state index contributed by atoms with van der Waals surface area (Å²) in [5, 5.41) is 25.5. The lowest BCUT2D eigenvalue weighted by Crippen LogP contribution is -2.48. The number of amides is 4. The zero-order chi connectivity index (χ0) is 39.0. The second kappa shape index (κ2) is 17.4. The fraction of sp³-hybridized carbons (Fsp3) is 0.425. The van der Waals surface area contributed by atoms with Crippen molar-refractivity contribution in [1.82, 2.24) is 36.6 Å². The maximum atomic E-state index is 15.0. The first-order valence-corrected chi connectivity index (χ1v) is 18.3. The number of rotatable bonds is 12. The molecule has 13 nitrogen and oxygen atoms in total. The topological polar surface area (TPSA) is 180 Å². The summed E-state index contributed by atoms with van der Waals surface area (Å²) >= 11 is 0. The van der Waals surface area contributed by atoms with E-state index >= 15 is 0 Å². The number of aromatic amines is 1. The third kappa shape index (κ3) is 10.9. The summed E-state index contributed by atoms with van der Waals surface area (Å²) in [5.74, 6) is -1.09. The van der Waals surface area contributed by atoms with Gasteiger partial charge in [0.25, 0.3) is 5.91 Å². The average Bonchev–Trinajstić information content (AvgIpc) is 3.67. The molecule has 3 aromatic carbocycles. The van der Waals surface area contributed by atoms with E-state index < -0.39 is 29.5 Å². The molecule has 14 heteroatoms. The lowest BCUT2D eigenvalue weighted by atomic mass is 9.81. The lowest BCUT2D eigenvalue weighted by molar-refractivity contribution is -0.130. The summed E-state index contributed by atoms with van der Waals surface area (Å²) in [6, 6.07) is 16.2. The Hall–Kier alpha value is -5.66. The molecule has 0 aliphatic heterocycles. The van der Waals surface area contributed by atoms with Gasteiger partial charge in [0.2, 0.25) is 17.6 Å². The quantitative estimate of drug-likeness (QED) is 0.115. The highest BCUT2D eigenvalue weighted by molar-refractivity contribution is 5.98. The van der Waals surface area contributed by atoms with Crippen LogP contribution >= 0.6 is 0 Å². The van der Waals surface area contributed by atoms with Crippen LogP contribution in [0.25, 0.3) is 22.5 Å². The molecule has 4 amide bonds. The molecule has 54 heavy (non-hydrogen) atoms. The number of alkyl carbamates (subject to hydrolysis) is 1. The average molecular weight is 741 g/mol. The van der Waals surface area contributed by atoms with Crippen LogP contribution < -0.4 is 21.3 Å². The van der Waals surface area contributed by atoms with Crippen LogP contribution in [0.1, 0.15) is 81.8 Å². The maximum absolute atomic E-state index is 15.0. The van der Waals surface area contributed by atoms with Gasteiger partial charge in [-0.1, -0.05) is 24.3 Å². The number of aromatic nitrogens is 4. The monoisotopic (exact) mass is 740 g/mol. The Kier molecular flexibility index (Phi) is 12.8. The number of tetrazole rings is 1. The maximum Gasteiger partial charge on any atom is 0.407 e. The van der Waals surface area contributed by atoms with Gasteiger partial charge in [-0.2, -0.15) is 5.21 Å². The number of nitrogens with zero attached hydrogens (tertiary/aromatic N) is 3. The van der Waals surface area contributed by atoms with Crippen LogP contribution in [0.4, 0.5) is 14.9 Å². The van der Waals surface area contributed by atoms with Gasteiger partial charge in [0.05, 0.1) is 0 Å². The molecule has 5 rings (SSSR count). The van der Waals surface area contributed by atoms with E-state index in [1.165, 1.54) is 6.07 Å². The fourth-order valence-electron chi connectivity index (χ4n) is 6.40. The van der Waals surface area contributed by atoms with Crippen LogP contribution in [0.5, 0.6) is 0 Å². The Morgan fingerprint density at radius 2 is 1.59 bits per heavy atom. The molecule has 0 spiro atoms. The van der Waals surface area contributed by atoms with Crippen molar-refractivity contribution in [3.8, 4) is 22.5 Å². The molecule has 0 radical (unpaired) electrons. The first kappa shape index (κ1) is 39.5. The summed E-state index contributed by atoms with van der Waals surface area (Å²) in [5.41, 5.74) is 3.36. The van der Waals surface area contributed by atoms with Gasteiger partial charge in [-0.25, -0.2) is 9.18 Å². The van der Waals surface area contributed by atoms with Crippen LogP contribution in [-0.4, -0.2) is 68.7 Å². The van der Waals surface area contributed by atoms with E-state index in [1.54, 1.807) is 37.3 Å². The van der Waals surface area contributed by atoms with Gasteiger partial charge in [-0.15, -0.1) is 10.2 Å². The van der Waals surface area contributed by atoms with Gasteiger partial charge in [0.1, 0.15) is 17.5 Å². The van der Waals surface area contributed by atoms with Gasteiger partial charge in [0.15, 0.2) is 0 Å². The number of anilines is 1. The molecule has 0 saturated heterocycles. The van der Waals surface area contributed by atoms with Crippen molar-refractivity contribution in [3.05, 3.63) is 83.2 Å². The van der Waals surface area contributed by atoms with Gasteiger partial charge in [0, 0.05) is 41.7 Å². The molecule has 1 aliphatic carbocycles. The minimum absolute atomic E-state index is 0.102. The van der Waals surface area contributed by atoms with E-state index in [4.69, 9.17) is 4.74 Å². The van der Waals surface area contributed by atoms with Gasteiger partial charge < -0.3 is 26.0 Å². The standard InChI is InChI=1S/C40H49FN8O5/c1-23(2)43-37(51)30-20-32(24(3)33(41)21-30)27-11-7-25(8-12-27)19-34(38(52)44-31-17-15-28(16-18-31)35-46-48-49-47-35)45-36(50)29-13-9-26(10-14-29)22-42-39(53)54-40(4,5)6/h7-8,11-12,15-18,20-21,23,26,29,34H,9-10,13-14,19,22H2,1-6H3,(H,42,53)(H,43,51)(H,44,52)(H,45,50)(H,46,47,48,49)/t26-,29-,34-/m0/s1. The predicted molar refractivity (Wildman–Crippen MR) is 203 cm³/mol. The van der Waals surface area contributed by atoms with Crippen molar-refractivity contribution in [2.24, 2.45) is 11.8 Å². The molecular weight excluding hydrogens is 691 g/mol. The second-order valence-electron chi connectivity index (χ2n) is 15.1. The summed E-state index contributed by atoms with van der Waals surface area (Å²) in [6.07, 6.45) is 2.48. The highest BCUT2D eigenvalue weighted by Crippen LogP contribution is 2.30. The minimum atomic E-state index is -0.908. The molecule has 1 fully saturated rings. The van der Waals surface area contributed by atoms with Crippen LogP contribution in [0.2, 0.25) is 0 Å². The summed E-state index contributed by atoms with van der Waals surface area (Å²) < 4.78 is 20.3. The van der Waals surface area contributed by atoms with Crippen molar-refractivity contribution in [2.75, 3.05) is 11.9 Å². The van der Waals surface area contributed by atoms with Crippen molar-refractivity contribution in [1.29, 1.82) is 0 Å². The number of halogens is 1. The molecule has 0 unspecified atom stereocenters. The van der Waals surface area contributed by atoms with Crippen molar-refractivity contribution >= 4 is 29.5 Å². The minimum Gasteiger partial charge on any atom is -0.444 e. The third-order valence-electron chi connectivity index (χ3n) is 9.27. The number of hydrogen-bond acceptors (Lipinski definition) is 8. The van der Waals surface area contributed by atoms with Gasteiger partial charge >= 0.3 is 6.09 Å². The highest BCUT2D eigenvalue weighted by Gasteiger charge is 2.30. The van der Waals surface area contributed by atoms with E-state index in [0.29, 0.717) is 53.2 Å². The Balaban J connectivity index is 1.28. The normalized spacial score (nSPS) is 16.3. The molecule has 1 heterocycles. The largest absolute Gasteiger partial charge is 0.444 e. The Morgan fingerprint density at radius 1 is 0.926 bits per heavy atom. The Bertz CT molecular complexity index is 1920. The smallest absolute Gasteiger partial charge is 0.407 e. The number of hydrogen-bond donors (Lipinski definition) is 5.